The fourth-order valence-electron chi connectivity index (χ4n) is 2.49. The van der Waals surface area contributed by atoms with Crippen molar-refractivity contribution >= 4 is 11.8 Å². The van der Waals surface area contributed by atoms with Gasteiger partial charge in [-0.15, -0.1) is 0 Å². The van der Waals surface area contributed by atoms with Crippen molar-refractivity contribution < 1.29 is 9.53 Å². The molecule has 1 fully saturated rings. The second-order valence-corrected chi connectivity index (χ2v) is 4.99. The second-order valence-electron chi connectivity index (χ2n) is 4.99. The van der Waals surface area contributed by atoms with Crippen LogP contribution in [0.5, 0.6) is 0 Å². The van der Waals surface area contributed by atoms with Crippen LogP contribution in [0.15, 0.2) is 24.3 Å². The highest BCUT2D eigenvalue weighted by atomic mass is 16.5. The van der Waals surface area contributed by atoms with Gasteiger partial charge in [0.2, 0.25) is 0 Å². The molecule has 104 valence electrons. The molecule has 4 nitrogen and oxygen atoms in total. The molecular weight excluding hydrogens is 240 g/mol. The number of nitrogens with one attached hydrogen (secondary N) is 1. The zero-order valence-electron chi connectivity index (χ0n) is 11.7. The van der Waals surface area contributed by atoms with E-state index >= 15 is 0 Å². The van der Waals surface area contributed by atoms with Gasteiger partial charge in [0.05, 0.1) is 6.61 Å². The van der Waals surface area contributed by atoms with Crippen LogP contribution in [0.4, 0.5) is 10.5 Å². The SMILES string of the molecule is CCOC(=O)NC1CCCN(c2cccc(C)c2)C1. The molecule has 4 heteroatoms. The van der Waals surface area contributed by atoms with E-state index in [9.17, 15) is 4.79 Å². The van der Waals surface area contributed by atoms with Crippen LogP contribution in [-0.4, -0.2) is 31.8 Å². The molecule has 1 heterocycles. The van der Waals surface area contributed by atoms with E-state index in [0.29, 0.717) is 6.61 Å². The third-order valence-electron chi connectivity index (χ3n) is 3.39. The molecule has 0 saturated carbocycles. The third kappa shape index (κ3) is 3.88. The number of hydrogen-bond donors (Lipinski definition) is 1. The first-order valence-corrected chi connectivity index (χ1v) is 6.94. The number of amides is 1. The van der Waals surface area contributed by atoms with Gasteiger partial charge in [0.1, 0.15) is 0 Å². The Hall–Kier alpha value is -1.71. The Morgan fingerprint density at radius 1 is 1.53 bits per heavy atom. The van der Waals surface area contributed by atoms with Gasteiger partial charge >= 0.3 is 6.09 Å². The highest BCUT2D eigenvalue weighted by Gasteiger charge is 2.21. The molecule has 1 aromatic rings. The Morgan fingerprint density at radius 2 is 2.37 bits per heavy atom. The number of carbonyl (C=O) groups excluding carboxylic acids is 1. The topological polar surface area (TPSA) is 41.6 Å². The summed E-state index contributed by atoms with van der Waals surface area (Å²) in [6.07, 6.45) is 1.80. The van der Waals surface area contributed by atoms with Crippen molar-refractivity contribution in [2.75, 3.05) is 24.6 Å². The average Bonchev–Trinajstić information content (AvgIpc) is 2.39. The van der Waals surface area contributed by atoms with Crippen molar-refractivity contribution in [1.82, 2.24) is 5.32 Å². The first-order valence-electron chi connectivity index (χ1n) is 6.94. The van der Waals surface area contributed by atoms with Crippen LogP contribution in [0.3, 0.4) is 0 Å². The number of hydrogen-bond acceptors (Lipinski definition) is 3. The van der Waals surface area contributed by atoms with Crippen LogP contribution in [0.25, 0.3) is 0 Å². The van der Waals surface area contributed by atoms with Gasteiger partial charge in [-0.3, -0.25) is 0 Å². The predicted octanol–water partition coefficient (Wildman–Crippen LogP) is 2.71. The first-order chi connectivity index (χ1) is 9.19. The van der Waals surface area contributed by atoms with E-state index in [0.717, 1.165) is 25.9 Å². The quantitative estimate of drug-likeness (QED) is 0.910. The maximum absolute atomic E-state index is 11.5. The maximum atomic E-state index is 11.5. The molecular formula is C15H22N2O2. The zero-order valence-corrected chi connectivity index (χ0v) is 11.7. The van der Waals surface area contributed by atoms with Gasteiger partial charge < -0.3 is 15.0 Å². The smallest absolute Gasteiger partial charge is 0.407 e. The molecule has 0 aliphatic carbocycles. The lowest BCUT2D eigenvalue weighted by molar-refractivity contribution is 0.146. The summed E-state index contributed by atoms with van der Waals surface area (Å²) in [4.78, 5) is 13.8. The van der Waals surface area contributed by atoms with Gasteiger partial charge in [-0.2, -0.15) is 0 Å². The van der Waals surface area contributed by atoms with Gasteiger partial charge in [-0.25, -0.2) is 4.79 Å². The molecule has 1 aliphatic heterocycles. The monoisotopic (exact) mass is 262 g/mol. The van der Waals surface area contributed by atoms with Gasteiger partial charge in [-0.05, 0) is 44.4 Å². The largest absolute Gasteiger partial charge is 0.450 e. The summed E-state index contributed by atoms with van der Waals surface area (Å²) >= 11 is 0. The molecule has 0 spiro atoms. The van der Waals surface area contributed by atoms with E-state index in [1.807, 2.05) is 6.92 Å². The summed E-state index contributed by atoms with van der Waals surface area (Å²) in [6.45, 7) is 6.23. The van der Waals surface area contributed by atoms with Crippen LogP contribution in [0.1, 0.15) is 25.3 Å². The Morgan fingerprint density at radius 3 is 3.11 bits per heavy atom. The maximum Gasteiger partial charge on any atom is 0.407 e. The number of nitrogens with zero attached hydrogens (tertiary/aromatic N) is 1. The van der Waals surface area contributed by atoms with E-state index in [4.69, 9.17) is 4.74 Å². The lowest BCUT2D eigenvalue weighted by Crippen LogP contribution is -2.48. The number of aryl methyl sites for hydroxylation is 1. The van der Waals surface area contributed by atoms with E-state index in [2.05, 4.69) is 41.4 Å². The van der Waals surface area contributed by atoms with Gasteiger partial charge in [-0.1, -0.05) is 12.1 Å². The van der Waals surface area contributed by atoms with Crippen molar-refractivity contribution in [3.05, 3.63) is 29.8 Å². The van der Waals surface area contributed by atoms with Crippen molar-refractivity contribution in [1.29, 1.82) is 0 Å². The number of rotatable bonds is 3. The van der Waals surface area contributed by atoms with E-state index in [1.165, 1.54) is 11.3 Å². The summed E-state index contributed by atoms with van der Waals surface area (Å²) in [7, 11) is 0. The fraction of sp³-hybridized carbons (Fsp3) is 0.533. The molecule has 1 unspecified atom stereocenters. The lowest BCUT2D eigenvalue weighted by Gasteiger charge is -2.34. The highest BCUT2D eigenvalue weighted by Crippen LogP contribution is 2.20. The molecule has 1 atom stereocenters. The Kier molecular flexibility index (Phi) is 4.66. The van der Waals surface area contributed by atoms with E-state index < -0.39 is 0 Å². The normalized spacial score (nSPS) is 19.1. The lowest BCUT2D eigenvalue weighted by atomic mass is 10.0. The predicted molar refractivity (Wildman–Crippen MR) is 76.6 cm³/mol. The third-order valence-corrected chi connectivity index (χ3v) is 3.39. The standard InChI is InChI=1S/C15H22N2O2/c1-3-19-15(18)16-13-7-5-9-17(11-13)14-8-4-6-12(2)10-14/h4,6,8,10,13H,3,5,7,9,11H2,1-2H3,(H,16,18). The van der Waals surface area contributed by atoms with Crippen LogP contribution < -0.4 is 10.2 Å². The van der Waals surface area contributed by atoms with E-state index in [1.54, 1.807) is 0 Å². The Labute approximate surface area is 114 Å². The summed E-state index contributed by atoms with van der Waals surface area (Å²) in [6, 6.07) is 8.66. The molecule has 1 saturated heterocycles. The number of anilines is 1. The van der Waals surface area contributed by atoms with Crippen molar-refractivity contribution in [2.24, 2.45) is 0 Å². The molecule has 1 aromatic carbocycles. The number of alkyl carbamates (subject to hydrolysis) is 1. The van der Waals surface area contributed by atoms with Crippen molar-refractivity contribution in [3.63, 3.8) is 0 Å². The zero-order chi connectivity index (χ0) is 13.7. The van der Waals surface area contributed by atoms with Crippen LogP contribution in [0, 0.1) is 6.92 Å². The number of piperidine rings is 1. The second kappa shape index (κ2) is 6.45. The molecule has 0 aromatic heterocycles. The summed E-state index contributed by atoms with van der Waals surface area (Å²) in [5.41, 5.74) is 2.49. The van der Waals surface area contributed by atoms with Gasteiger partial charge in [0.25, 0.3) is 0 Å². The van der Waals surface area contributed by atoms with Crippen molar-refractivity contribution in [3.8, 4) is 0 Å². The number of ether oxygens (including phenoxy) is 1. The van der Waals surface area contributed by atoms with Crippen molar-refractivity contribution in [2.45, 2.75) is 32.7 Å². The molecule has 0 bridgehead atoms. The summed E-state index contributed by atoms with van der Waals surface area (Å²) < 4.78 is 4.94. The molecule has 19 heavy (non-hydrogen) atoms. The van der Waals surface area contributed by atoms with Gasteiger partial charge in [0.15, 0.2) is 0 Å². The summed E-state index contributed by atoms with van der Waals surface area (Å²) in [5, 5.41) is 2.93. The number of carbonyl (C=O) groups is 1. The molecule has 2 rings (SSSR count). The Bertz CT molecular complexity index is 434. The first kappa shape index (κ1) is 13.7. The van der Waals surface area contributed by atoms with Crippen LogP contribution >= 0.6 is 0 Å². The highest BCUT2D eigenvalue weighted by molar-refractivity contribution is 5.67. The summed E-state index contributed by atoms with van der Waals surface area (Å²) in [5.74, 6) is 0. The number of benzene rings is 1. The molecule has 1 amide bonds. The average molecular weight is 262 g/mol. The Balaban J connectivity index is 1.95. The minimum atomic E-state index is -0.307. The fourth-order valence-corrected chi connectivity index (χ4v) is 2.49. The molecule has 0 radical (unpaired) electrons. The molecule has 1 N–H and O–H groups in total. The van der Waals surface area contributed by atoms with Crippen LogP contribution in [-0.2, 0) is 4.74 Å². The molecule has 1 aliphatic rings. The minimum Gasteiger partial charge on any atom is -0.450 e. The van der Waals surface area contributed by atoms with E-state index in [-0.39, 0.29) is 12.1 Å². The van der Waals surface area contributed by atoms with Crippen LogP contribution in [0.2, 0.25) is 0 Å². The minimum absolute atomic E-state index is 0.174. The van der Waals surface area contributed by atoms with Gasteiger partial charge in [0, 0.05) is 24.8 Å².